The predicted octanol–water partition coefficient (Wildman–Crippen LogP) is 4.34. The number of rotatable bonds is 7. The van der Waals surface area contributed by atoms with Gasteiger partial charge in [-0.1, -0.05) is 6.07 Å². The first-order valence-electron chi connectivity index (χ1n) is 12.9. The number of phenolic OH excluding ortho intramolecular Hbond substituents is 1. The molecule has 2 aliphatic rings. The highest BCUT2D eigenvalue weighted by Gasteiger charge is 2.36. The van der Waals surface area contributed by atoms with Crippen LogP contribution in [-0.4, -0.2) is 68.6 Å². The van der Waals surface area contributed by atoms with Crippen molar-refractivity contribution in [3.05, 3.63) is 83.2 Å². The predicted molar refractivity (Wildman–Crippen MR) is 145 cm³/mol. The number of hydrogen-bond acceptors (Lipinski definition) is 7. The molecule has 40 heavy (non-hydrogen) atoms. The van der Waals surface area contributed by atoms with Crippen LogP contribution in [-0.2, 0) is 6.54 Å². The molecule has 2 N–H and O–H groups in total. The Kier molecular flexibility index (Phi) is 7.05. The maximum absolute atomic E-state index is 14.7. The van der Waals surface area contributed by atoms with Crippen LogP contribution in [0.15, 0.2) is 59.6 Å². The first kappa shape index (κ1) is 26.5. The maximum atomic E-state index is 14.7. The van der Waals surface area contributed by atoms with Gasteiger partial charge in [0.1, 0.15) is 17.8 Å². The van der Waals surface area contributed by atoms with Crippen molar-refractivity contribution in [2.24, 2.45) is 0 Å². The highest BCUT2D eigenvalue weighted by Crippen LogP contribution is 2.40. The summed E-state index contributed by atoms with van der Waals surface area (Å²) < 4.78 is 43.6. The van der Waals surface area contributed by atoms with Gasteiger partial charge in [0.15, 0.2) is 22.9 Å². The van der Waals surface area contributed by atoms with E-state index in [1.807, 2.05) is 11.2 Å². The van der Waals surface area contributed by atoms with E-state index < -0.39 is 18.0 Å². The van der Waals surface area contributed by atoms with Crippen LogP contribution in [0.4, 0.5) is 19.0 Å². The van der Waals surface area contributed by atoms with E-state index in [1.54, 1.807) is 24.3 Å². The minimum atomic E-state index is -1.11. The van der Waals surface area contributed by atoms with E-state index in [-0.39, 0.29) is 42.2 Å². The van der Waals surface area contributed by atoms with Crippen LogP contribution in [0.1, 0.15) is 34.1 Å². The fourth-order valence-electron chi connectivity index (χ4n) is 5.43. The van der Waals surface area contributed by atoms with Crippen molar-refractivity contribution in [3.63, 3.8) is 0 Å². The van der Waals surface area contributed by atoms with E-state index in [9.17, 15) is 23.1 Å². The maximum Gasteiger partial charge on any atom is 0.271 e. The molecule has 0 bridgehead atoms. The lowest BCUT2D eigenvalue weighted by molar-refractivity contribution is 0.0788. The number of nitrogens with one attached hydrogen (secondary N) is 1. The number of imidazole rings is 1. The van der Waals surface area contributed by atoms with Gasteiger partial charge in [0, 0.05) is 31.0 Å². The Labute approximate surface area is 232 Å². The summed E-state index contributed by atoms with van der Waals surface area (Å²) >= 11 is 1.48. The number of carbonyl (C=O) groups is 1. The van der Waals surface area contributed by atoms with Crippen LogP contribution in [0, 0.1) is 11.6 Å². The van der Waals surface area contributed by atoms with Crippen LogP contribution in [0.3, 0.4) is 0 Å². The average molecular weight is 569 g/mol. The van der Waals surface area contributed by atoms with Crippen molar-refractivity contribution < 1.29 is 23.1 Å². The molecule has 12 heteroatoms. The number of alkyl halides is 1. The normalized spacial score (nSPS) is 19.8. The van der Waals surface area contributed by atoms with Gasteiger partial charge in [-0.3, -0.25) is 9.69 Å². The number of anilines is 1. The molecular formula is C28H27F3N6O2S. The van der Waals surface area contributed by atoms with Gasteiger partial charge in [-0.25, -0.2) is 22.7 Å². The molecule has 0 aliphatic carbocycles. The van der Waals surface area contributed by atoms with Gasteiger partial charge in [-0.2, -0.15) is 0 Å². The summed E-state index contributed by atoms with van der Waals surface area (Å²) in [6, 6.07) is 11.8. The number of amides is 1. The van der Waals surface area contributed by atoms with Gasteiger partial charge in [0.2, 0.25) is 0 Å². The second-order valence-electron chi connectivity index (χ2n) is 10.1. The van der Waals surface area contributed by atoms with Crippen molar-refractivity contribution in [1.29, 1.82) is 0 Å². The molecule has 0 radical (unpaired) electrons. The molecule has 208 valence electrons. The fourth-order valence-corrected chi connectivity index (χ4v) is 6.07. The Morgan fingerprint density at radius 2 is 1.95 bits per heavy atom. The number of aromatic nitrogens is 3. The Morgan fingerprint density at radius 3 is 2.73 bits per heavy atom. The fraction of sp³-hybridized carbons (Fsp3) is 0.321. The minimum absolute atomic E-state index is 0.0940. The van der Waals surface area contributed by atoms with Gasteiger partial charge in [0.05, 0.1) is 24.8 Å². The Morgan fingerprint density at radius 1 is 1.12 bits per heavy atom. The summed E-state index contributed by atoms with van der Waals surface area (Å²) in [6.07, 6.45) is 2.46. The topological polar surface area (TPSA) is 86.0 Å². The lowest BCUT2D eigenvalue weighted by Gasteiger charge is -2.39. The van der Waals surface area contributed by atoms with Gasteiger partial charge < -0.3 is 15.3 Å². The largest absolute Gasteiger partial charge is 0.505 e. The molecule has 2 saturated heterocycles. The average Bonchev–Trinajstić information content (AvgIpc) is 3.52. The van der Waals surface area contributed by atoms with Crippen molar-refractivity contribution in [3.8, 4) is 5.75 Å². The van der Waals surface area contributed by atoms with Gasteiger partial charge in [-0.15, -0.1) is 16.9 Å². The summed E-state index contributed by atoms with van der Waals surface area (Å²) in [5.41, 5.74) is 2.22. The van der Waals surface area contributed by atoms with Crippen molar-refractivity contribution in [1.82, 2.24) is 24.8 Å². The summed E-state index contributed by atoms with van der Waals surface area (Å²) in [6.45, 7) is 1.82. The number of benzene rings is 2. The van der Waals surface area contributed by atoms with E-state index in [0.717, 1.165) is 10.5 Å². The molecule has 0 saturated carbocycles. The summed E-state index contributed by atoms with van der Waals surface area (Å²) in [4.78, 5) is 22.2. The molecule has 4 heterocycles. The molecule has 2 unspecified atom stereocenters. The molecule has 8 nitrogen and oxygen atoms in total. The lowest BCUT2D eigenvalue weighted by Crippen LogP contribution is -2.58. The molecule has 2 aromatic carbocycles. The van der Waals surface area contributed by atoms with Crippen LogP contribution < -0.4 is 10.2 Å². The molecule has 2 aromatic heterocycles. The van der Waals surface area contributed by atoms with Crippen LogP contribution >= 0.6 is 11.8 Å². The van der Waals surface area contributed by atoms with Crippen molar-refractivity contribution in [2.45, 2.75) is 36.1 Å². The molecule has 2 fully saturated rings. The second-order valence-corrected chi connectivity index (χ2v) is 11.0. The molecular weight excluding hydrogens is 541 g/mol. The Hall–Kier alpha value is -3.77. The van der Waals surface area contributed by atoms with Gasteiger partial charge in [0.25, 0.3) is 5.91 Å². The summed E-state index contributed by atoms with van der Waals surface area (Å²) in [7, 11) is 0. The zero-order valence-electron chi connectivity index (χ0n) is 21.6. The summed E-state index contributed by atoms with van der Waals surface area (Å²) in [5, 5.41) is 17.2. The van der Waals surface area contributed by atoms with Crippen molar-refractivity contribution >= 4 is 29.1 Å². The highest BCUT2D eigenvalue weighted by molar-refractivity contribution is 7.98. The van der Waals surface area contributed by atoms with Crippen LogP contribution in [0.2, 0.25) is 0 Å². The number of thioether (sulfide) groups is 1. The van der Waals surface area contributed by atoms with E-state index in [4.69, 9.17) is 0 Å². The standard InChI is InChI=1S/C28H27F3N6O2S/c1-40-25-5-3-17(29)9-20(25)22-10-18(30)13-36(22)27-7-6-26-32-11-23(37(26)34-27)28(39)33-19-14-35(15-19)12-16-2-4-21(31)24(38)8-16/h2-9,11,18-19,22,38H,10,12-15H2,1H3,(H,33,39). The van der Waals surface area contributed by atoms with Crippen LogP contribution in [0.5, 0.6) is 5.75 Å². The zero-order chi connectivity index (χ0) is 28.0. The number of phenols is 1. The van der Waals surface area contributed by atoms with E-state index >= 15 is 0 Å². The van der Waals surface area contributed by atoms with E-state index in [0.29, 0.717) is 36.7 Å². The first-order chi connectivity index (χ1) is 19.3. The summed E-state index contributed by atoms with van der Waals surface area (Å²) in [5.74, 6) is -1.29. The molecule has 0 spiro atoms. The number of carbonyl (C=O) groups excluding carboxylic acids is 1. The molecule has 6 rings (SSSR count). The van der Waals surface area contributed by atoms with E-state index in [1.165, 1.54) is 46.7 Å². The number of fused-ring (bicyclic) bond motifs is 1. The van der Waals surface area contributed by atoms with E-state index in [2.05, 4.69) is 20.3 Å². The number of aromatic hydroxyl groups is 1. The number of hydrogen-bond donors (Lipinski definition) is 2. The molecule has 4 aromatic rings. The molecule has 2 atom stereocenters. The third-order valence-electron chi connectivity index (χ3n) is 7.39. The molecule has 2 aliphatic heterocycles. The smallest absolute Gasteiger partial charge is 0.271 e. The number of likely N-dealkylation sites (tertiary alicyclic amines) is 1. The second kappa shape index (κ2) is 10.7. The zero-order valence-corrected chi connectivity index (χ0v) is 22.4. The first-order valence-corrected chi connectivity index (χ1v) is 14.1. The monoisotopic (exact) mass is 568 g/mol. The van der Waals surface area contributed by atoms with Gasteiger partial charge in [-0.05, 0) is 59.8 Å². The number of halogens is 3. The molecule has 1 amide bonds. The quantitative estimate of drug-likeness (QED) is 0.321. The SMILES string of the molecule is CSc1ccc(F)cc1C1CC(F)CN1c1ccc2ncc(C(=O)NC3CN(Cc4ccc(F)c(O)c4)C3)n2n1. The Balaban J connectivity index is 1.17. The van der Waals surface area contributed by atoms with Gasteiger partial charge >= 0.3 is 0 Å². The van der Waals surface area contributed by atoms with Crippen LogP contribution in [0.25, 0.3) is 5.65 Å². The third-order valence-corrected chi connectivity index (χ3v) is 8.20. The highest BCUT2D eigenvalue weighted by atomic mass is 32.2. The minimum Gasteiger partial charge on any atom is -0.505 e. The Bertz CT molecular complexity index is 1580. The lowest BCUT2D eigenvalue weighted by atomic mass is 10.0. The van der Waals surface area contributed by atoms with Crippen molar-refractivity contribution in [2.75, 3.05) is 30.8 Å². The third kappa shape index (κ3) is 5.08. The number of nitrogens with zero attached hydrogens (tertiary/aromatic N) is 5.